The molecule has 1 atom stereocenters. The van der Waals surface area contributed by atoms with Crippen molar-refractivity contribution < 1.29 is 14.3 Å². The summed E-state index contributed by atoms with van der Waals surface area (Å²) < 4.78 is 9.53. The van der Waals surface area contributed by atoms with Crippen molar-refractivity contribution in [3.63, 3.8) is 0 Å². The number of carbonyl (C=O) groups excluding carboxylic acids is 1. The zero-order valence-electron chi connectivity index (χ0n) is 9.34. The maximum Gasteiger partial charge on any atom is 0.305 e. The predicted molar refractivity (Wildman–Crippen MR) is 55.2 cm³/mol. The number of esters is 1. The van der Waals surface area contributed by atoms with Gasteiger partial charge in [0.05, 0.1) is 7.11 Å². The third kappa shape index (κ3) is 8.01. The fourth-order valence-electron chi connectivity index (χ4n) is 1.15. The molecule has 4 nitrogen and oxygen atoms in total. The van der Waals surface area contributed by atoms with E-state index >= 15 is 0 Å². The van der Waals surface area contributed by atoms with Crippen molar-refractivity contribution in [3.8, 4) is 0 Å². The van der Waals surface area contributed by atoms with Gasteiger partial charge < -0.3 is 14.8 Å². The van der Waals surface area contributed by atoms with E-state index in [0.717, 1.165) is 26.1 Å². The summed E-state index contributed by atoms with van der Waals surface area (Å²) in [6.07, 6.45) is 1.31. The maximum atomic E-state index is 10.7. The highest BCUT2D eigenvalue weighted by Crippen LogP contribution is 1.93. The van der Waals surface area contributed by atoms with Crippen molar-refractivity contribution in [1.82, 2.24) is 5.32 Å². The predicted octanol–water partition coefficient (Wildman–Crippen LogP) is 0.812. The van der Waals surface area contributed by atoms with Crippen LogP contribution >= 0.6 is 0 Å². The van der Waals surface area contributed by atoms with E-state index in [9.17, 15) is 4.79 Å². The first-order chi connectivity index (χ1) is 6.70. The van der Waals surface area contributed by atoms with Crippen LogP contribution in [0.25, 0.3) is 0 Å². The van der Waals surface area contributed by atoms with E-state index in [1.165, 1.54) is 7.11 Å². The number of carbonyl (C=O) groups is 1. The summed E-state index contributed by atoms with van der Waals surface area (Å²) in [6.45, 7) is 4.67. The Morgan fingerprint density at radius 3 is 2.71 bits per heavy atom. The Morgan fingerprint density at radius 2 is 2.14 bits per heavy atom. The van der Waals surface area contributed by atoms with Crippen LogP contribution in [0.4, 0.5) is 0 Å². The smallest absolute Gasteiger partial charge is 0.305 e. The van der Waals surface area contributed by atoms with Gasteiger partial charge in [0.1, 0.15) is 0 Å². The molecule has 0 amide bonds. The molecule has 0 saturated carbocycles. The van der Waals surface area contributed by atoms with E-state index in [0.29, 0.717) is 12.3 Å². The van der Waals surface area contributed by atoms with Crippen LogP contribution in [-0.4, -0.2) is 39.9 Å². The van der Waals surface area contributed by atoms with Crippen LogP contribution in [0.1, 0.15) is 19.8 Å². The molecule has 0 aliphatic heterocycles. The molecule has 0 aromatic rings. The molecule has 0 fully saturated rings. The Kier molecular flexibility index (Phi) is 8.57. The van der Waals surface area contributed by atoms with Crippen LogP contribution < -0.4 is 5.32 Å². The molecule has 0 aliphatic rings. The van der Waals surface area contributed by atoms with Crippen molar-refractivity contribution in [3.05, 3.63) is 0 Å². The van der Waals surface area contributed by atoms with Gasteiger partial charge >= 0.3 is 5.97 Å². The molecule has 0 saturated heterocycles. The average molecular weight is 203 g/mol. The molecular weight excluding hydrogens is 182 g/mol. The molecule has 84 valence electrons. The quantitative estimate of drug-likeness (QED) is 0.468. The number of nitrogens with one attached hydrogen (secondary N) is 1. The Balaban J connectivity index is 3.17. The second-order valence-corrected chi connectivity index (χ2v) is 3.44. The van der Waals surface area contributed by atoms with E-state index in [2.05, 4.69) is 17.0 Å². The molecule has 0 radical (unpaired) electrons. The lowest BCUT2D eigenvalue weighted by atomic mass is 10.2. The Hall–Kier alpha value is -0.610. The summed E-state index contributed by atoms with van der Waals surface area (Å²) in [6, 6.07) is 0. The lowest BCUT2D eigenvalue weighted by Gasteiger charge is -2.10. The molecule has 0 aromatic carbocycles. The average Bonchev–Trinajstić information content (AvgIpc) is 2.17. The second-order valence-electron chi connectivity index (χ2n) is 3.44. The minimum absolute atomic E-state index is 0.142. The van der Waals surface area contributed by atoms with Crippen LogP contribution in [0.15, 0.2) is 0 Å². The highest BCUT2D eigenvalue weighted by atomic mass is 16.5. The molecular formula is C10H21NO3. The van der Waals surface area contributed by atoms with Crippen LogP contribution in [0.3, 0.4) is 0 Å². The minimum atomic E-state index is -0.142. The molecule has 0 heterocycles. The van der Waals surface area contributed by atoms with Gasteiger partial charge in [-0.25, -0.2) is 0 Å². The first-order valence-corrected chi connectivity index (χ1v) is 4.97. The van der Waals surface area contributed by atoms with Crippen molar-refractivity contribution >= 4 is 5.97 Å². The fraction of sp³-hybridized carbons (Fsp3) is 0.900. The van der Waals surface area contributed by atoms with Gasteiger partial charge in [-0.1, -0.05) is 6.92 Å². The normalized spacial score (nSPS) is 12.5. The Labute approximate surface area is 86.0 Å². The van der Waals surface area contributed by atoms with E-state index in [-0.39, 0.29) is 5.97 Å². The Morgan fingerprint density at radius 1 is 1.43 bits per heavy atom. The first-order valence-electron chi connectivity index (χ1n) is 4.97. The molecule has 1 N–H and O–H groups in total. The lowest BCUT2D eigenvalue weighted by Crippen LogP contribution is -2.25. The van der Waals surface area contributed by atoms with Gasteiger partial charge in [-0.05, 0) is 25.4 Å². The van der Waals surface area contributed by atoms with Crippen molar-refractivity contribution in [2.75, 3.05) is 33.9 Å². The molecule has 0 spiro atoms. The van der Waals surface area contributed by atoms with Crippen LogP contribution in [-0.2, 0) is 14.3 Å². The summed E-state index contributed by atoms with van der Waals surface area (Å²) in [5.74, 6) is 0.370. The van der Waals surface area contributed by atoms with Gasteiger partial charge in [0.2, 0.25) is 0 Å². The summed E-state index contributed by atoms with van der Waals surface area (Å²) in [4.78, 5) is 10.7. The molecule has 14 heavy (non-hydrogen) atoms. The highest BCUT2D eigenvalue weighted by Gasteiger charge is 2.01. The third-order valence-corrected chi connectivity index (χ3v) is 1.91. The van der Waals surface area contributed by atoms with E-state index < -0.39 is 0 Å². The molecule has 0 rings (SSSR count). The number of ether oxygens (including phenoxy) is 2. The summed E-state index contributed by atoms with van der Waals surface area (Å²) in [7, 11) is 3.12. The lowest BCUT2D eigenvalue weighted by molar-refractivity contribution is -0.140. The van der Waals surface area contributed by atoms with Gasteiger partial charge in [0.15, 0.2) is 0 Å². The van der Waals surface area contributed by atoms with Crippen LogP contribution in [0.5, 0.6) is 0 Å². The van der Waals surface area contributed by atoms with Crippen molar-refractivity contribution in [2.45, 2.75) is 19.8 Å². The maximum absolute atomic E-state index is 10.7. The Bertz CT molecular complexity index is 150. The van der Waals surface area contributed by atoms with Crippen LogP contribution in [0, 0.1) is 5.92 Å². The monoisotopic (exact) mass is 203 g/mol. The minimum Gasteiger partial charge on any atom is -0.469 e. The number of rotatable bonds is 8. The zero-order chi connectivity index (χ0) is 10.8. The van der Waals surface area contributed by atoms with Gasteiger partial charge in [-0.2, -0.15) is 0 Å². The number of hydrogen-bond donors (Lipinski definition) is 1. The molecule has 0 bridgehead atoms. The molecule has 4 heteroatoms. The summed E-state index contributed by atoms with van der Waals surface area (Å²) >= 11 is 0. The van der Waals surface area contributed by atoms with Gasteiger partial charge in [0.25, 0.3) is 0 Å². The fourth-order valence-corrected chi connectivity index (χ4v) is 1.15. The summed E-state index contributed by atoms with van der Waals surface area (Å²) in [5, 5.41) is 3.26. The first kappa shape index (κ1) is 13.4. The van der Waals surface area contributed by atoms with Gasteiger partial charge in [-0.15, -0.1) is 0 Å². The third-order valence-electron chi connectivity index (χ3n) is 1.91. The second kappa shape index (κ2) is 8.97. The van der Waals surface area contributed by atoms with Crippen molar-refractivity contribution in [1.29, 1.82) is 0 Å². The largest absolute Gasteiger partial charge is 0.469 e. The SMILES string of the molecule is COCC(C)CNCCCC(=O)OC. The van der Waals surface area contributed by atoms with Crippen molar-refractivity contribution in [2.24, 2.45) is 5.92 Å². The van der Waals surface area contributed by atoms with E-state index in [1.54, 1.807) is 7.11 Å². The summed E-state index contributed by atoms with van der Waals surface area (Å²) in [5.41, 5.74) is 0. The van der Waals surface area contributed by atoms with Gasteiger partial charge in [-0.3, -0.25) is 4.79 Å². The zero-order valence-corrected chi connectivity index (χ0v) is 9.34. The number of methoxy groups -OCH3 is 2. The molecule has 0 aliphatic carbocycles. The number of hydrogen-bond acceptors (Lipinski definition) is 4. The van der Waals surface area contributed by atoms with Gasteiger partial charge in [0, 0.05) is 20.1 Å². The molecule has 1 unspecified atom stereocenters. The van der Waals surface area contributed by atoms with Crippen LogP contribution in [0.2, 0.25) is 0 Å². The topological polar surface area (TPSA) is 47.6 Å². The van der Waals surface area contributed by atoms with E-state index in [1.807, 2.05) is 0 Å². The molecule has 0 aromatic heterocycles. The highest BCUT2D eigenvalue weighted by molar-refractivity contribution is 5.68. The standard InChI is InChI=1S/C10H21NO3/c1-9(8-13-2)7-11-6-4-5-10(12)14-3/h9,11H,4-8H2,1-3H3. The van der Waals surface area contributed by atoms with E-state index in [4.69, 9.17) is 4.74 Å².